The van der Waals surface area contributed by atoms with Gasteiger partial charge in [0.15, 0.2) is 0 Å². The Bertz CT molecular complexity index is 696. The van der Waals surface area contributed by atoms with E-state index in [1.54, 1.807) is 0 Å². The molecule has 0 spiro atoms. The summed E-state index contributed by atoms with van der Waals surface area (Å²) in [5.41, 5.74) is -0.141. The maximum absolute atomic E-state index is 12.0. The summed E-state index contributed by atoms with van der Waals surface area (Å²) in [6.45, 7) is -0.392. The first-order valence-corrected chi connectivity index (χ1v) is 8.55. The molecule has 0 saturated heterocycles. The highest BCUT2D eigenvalue weighted by atomic mass is 32.2. The van der Waals surface area contributed by atoms with Crippen molar-refractivity contribution in [1.82, 2.24) is 4.72 Å². The first kappa shape index (κ1) is 16.6. The lowest BCUT2D eigenvalue weighted by Crippen LogP contribution is -2.32. The molecule has 0 aromatic heterocycles. The van der Waals surface area contributed by atoms with Crippen LogP contribution in [0.15, 0.2) is 29.2 Å². The van der Waals surface area contributed by atoms with Crippen molar-refractivity contribution < 1.29 is 26.4 Å². The Morgan fingerprint density at radius 2 is 1.85 bits per heavy atom. The molecule has 20 heavy (non-hydrogen) atoms. The van der Waals surface area contributed by atoms with Crippen LogP contribution in [0, 0.1) is 0 Å². The van der Waals surface area contributed by atoms with Gasteiger partial charge in [-0.1, -0.05) is 12.1 Å². The molecule has 10 heteroatoms. The van der Waals surface area contributed by atoms with E-state index in [0.717, 1.165) is 7.11 Å². The number of rotatable bonds is 6. The Morgan fingerprint density at radius 3 is 2.40 bits per heavy atom. The number of methoxy groups -OCH3 is 1. The average molecular weight is 322 g/mol. The van der Waals surface area contributed by atoms with Gasteiger partial charge in [-0.2, -0.15) is 0 Å². The van der Waals surface area contributed by atoms with Crippen LogP contribution in [-0.2, 0) is 24.8 Å². The summed E-state index contributed by atoms with van der Waals surface area (Å²) in [6, 6.07) is 5.42. The normalized spacial score (nSPS) is 12.1. The van der Waals surface area contributed by atoms with Crippen molar-refractivity contribution in [3.05, 3.63) is 29.8 Å². The fourth-order valence-electron chi connectivity index (χ4n) is 1.38. The van der Waals surface area contributed by atoms with Gasteiger partial charge in [-0.25, -0.2) is 31.5 Å². The largest absolute Gasteiger partial charge is 0.465 e. The summed E-state index contributed by atoms with van der Waals surface area (Å²) in [5, 5.41) is 4.77. The van der Waals surface area contributed by atoms with Gasteiger partial charge in [-0.3, -0.25) is 0 Å². The number of nitrogens with one attached hydrogen (secondary N) is 1. The van der Waals surface area contributed by atoms with E-state index in [2.05, 4.69) is 9.46 Å². The number of nitrogens with two attached hydrogens (primary N) is 1. The van der Waals surface area contributed by atoms with E-state index in [1.165, 1.54) is 24.3 Å². The number of primary sulfonamides is 1. The fraction of sp³-hybridized carbons (Fsp3) is 0.300. The number of esters is 1. The molecule has 0 aliphatic carbocycles. The van der Waals surface area contributed by atoms with Crippen LogP contribution in [0.1, 0.15) is 10.4 Å². The molecule has 8 nitrogen and oxygen atoms in total. The lowest BCUT2D eigenvalue weighted by molar-refractivity contribution is 0.0596. The molecule has 0 radical (unpaired) electrons. The summed E-state index contributed by atoms with van der Waals surface area (Å²) in [5.74, 6) is -1.36. The Balaban J connectivity index is 3.01. The van der Waals surface area contributed by atoms with Crippen LogP contribution in [0.2, 0.25) is 0 Å². The number of hydrogen-bond acceptors (Lipinski definition) is 6. The number of hydrogen-bond donors (Lipinski definition) is 2. The number of benzene rings is 1. The quantitative estimate of drug-likeness (QED) is 0.648. The predicted octanol–water partition coefficient (Wildman–Crippen LogP) is -0.960. The monoisotopic (exact) mass is 322 g/mol. The fourth-order valence-corrected chi connectivity index (χ4v) is 3.12. The molecule has 0 saturated carbocycles. The minimum atomic E-state index is -4.04. The van der Waals surface area contributed by atoms with E-state index in [-0.39, 0.29) is 10.5 Å². The molecule has 0 heterocycles. The first-order valence-electron chi connectivity index (χ1n) is 5.35. The zero-order valence-corrected chi connectivity index (χ0v) is 12.2. The Hall–Kier alpha value is -1.49. The standard InChI is InChI=1S/C10H14N2O6S2/c1-18-10(13)8-4-2-3-5-9(8)20(16,17)12-6-7-19(11,14)15/h2-5,12H,6-7H2,1H3,(H2,11,14,15). The van der Waals surface area contributed by atoms with Crippen LogP contribution in [0.3, 0.4) is 0 Å². The number of ether oxygens (including phenoxy) is 1. The summed E-state index contributed by atoms with van der Waals surface area (Å²) >= 11 is 0. The van der Waals surface area contributed by atoms with Crippen LogP contribution in [-0.4, -0.2) is 42.2 Å². The van der Waals surface area contributed by atoms with E-state index < -0.39 is 38.3 Å². The highest BCUT2D eigenvalue weighted by Crippen LogP contribution is 2.15. The predicted molar refractivity (Wildman–Crippen MR) is 70.9 cm³/mol. The molecule has 0 aliphatic rings. The van der Waals surface area contributed by atoms with Crippen LogP contribution < -0.4 is 9.86 Å². The van der Waals surface area contributed by atoms with Crippen molar-refractivity contribution >= 4 is 26.0 Å². The molecule has 0 bridgehead atoms. The molecular weight excluding hydrogens is 308 g/mol. The van der Waals surface area contributed by atoms with Gasteiger partial charge < -0.3 is 4.74 Å². The van der Waals surface area contributed by atoms with Gasteiger partial charge in [-0.15, -0.1) is 0 Å². The second-order valence-electron chi connectivity index (χ2n) is 3.75. The second-order valence-corrected chi connectivity index (χ2v) is 7.22. The molecule has 3 N–H and O–H groups in total. The van der Waals surface area contributed by atoms with E-state index in [4.69, 9.17) is 5.14 Å². The molecular formula is C10H14N2O6S2. The summed E-state index contributed by atoms with van der Waals surface area (Å²) < 4.78 is 52.0. The lowest BCUT2D eigenvalue weighted by Gasteiger charge is -2.09. The molecule has 0 unspecified atom stereocenters. The zero-order valence-electron chi connectivity index (χ0n) is 10.6. The third kappa shape index (κ3) is 4.56. The summed E-state index contributed by atoms with van der Waals surface area (Å²) in [4.78, 5) is 11.2. The SMILES string of the molecule is COC(=O)c1ccccc1S(=O)(=O)NCCS(N)(=O)=O. The van der Waals surface area contributed by atoms with Gasteiger partial charge in [-0.05, 0) is 12.1 Å². The van der Waals surface area contributed by atoms with Crippen molar-refractivity contribution in [3.8, 4) is 0 Å². The van der Waals surface area contributed by atoms with Crippen LogP contribution in [0.4, 0.5) is 0 Å². The van der Waals surface area contributed by atoms with Crippen molar-refractivity contribution in [2.24, 2.45) is 5.14 Å². The minimum absolute atomic E-state index is 0.141. The van der Waals surface area contributed by atoms with Crippen LogP contribution in [0.25, 0.3) is 0 Å². The zero-order chi connectivity index (χ0) is 15.4. The van der Waals surface area contributed by atoms with Gasteiger partial charge in [0.05, 0.1) is 23.3 Å². The van der Waals surface area contributed by atoms with Crippen LogP contribution in [0.5, 0.6) is 0 Å². The maximum atomic E-state index is 12.0. The number of carbonyl (C=O) groups excluding carboxylic acids is 1. The Labute approximate surface area is 117 Å². The Kier molecular flexibility index (Phi) is 5.22. The third-order valence-electron chi connectivity index (χ3n) is 2.26. The second kappa shape index (κ2) is 6.31. The number of carbonyl (C=O) groups is 1. The highest BCUT2D eigenvalue weighted by Gasteiger charge is 2.22. The molecule has 1 rings (SSSR count). The van der Waals surface area contributed by atoms with Crippen molar-refractivity contribution in [2.75, 3.05) is 19.4 Å². The van der Waals surface area contributed by atoms with Gasteiger partial charge >= 0.3 is 5.97 Å². The molecule has 0 atom stereocenters. The summed E-state index contributed by atoms with van der Waals surface area (Å²) in [7, 11) is -6.69. The molecule has 0 aliphatic heterocycles. The molecule has 112 valence electrons. The molecule has 1 aromatic carbocycles. The van der Waals surface area contributed by atoms with E-state index >= 15 is 0 Å². The van der Waals surface area contributed by atoms with Crippen molar-refractivity contribution in [3.63, 3.8) is 0 Å². The van der Waals surface area contributed by atoms with E-state index in [1.807, 2.05) is 0 Å². The van der Waals surface area contributed by atoms with Crippen molar-refractivity contribution in [1.29, 1.82) is 0 Å². The molecule has 0 amide bonds. The van der Waals surface area contributed by atoms with E-state index in [0.29, 0.717) is 0 Å². The van der Waals surface area contributed by atoms with E-state index in [9.17, 15) is 21.6 Å². The molecule has 1 aromatic rings. The van der Waals surface area contributed by atoms with Gasteiger partial charge in [0, 0.05) is 6.54 Å². The lowest BCUT2D eigenvalue weighted by atomic mass is 10.2. The molecule has 0 fully saturated rings. The van der Waals surface area contributed by atoms with Crippen LogP contribution >= 0.6 is 0 Å². The first-order chi connectivity index (χ1) is 9.17. The maximum Gasteiger partial charge on any atom is 0.339 e. The van der Waals surface area contributed by atoms with Gasteiger partial charge in [0.1, 0.15) is 0 Å². The topological polar surface area (TPSA) is 133 Å². The van der Waals surface area contributed by atoms with Crippen molar-refractivity contribution in [2.45, 2.75) is 4.90 Å². The van der Waals surface area contributed by atoms with Gasteiger partial charge in [0.25, 0.3) is 0 Å². The average Bonchev–Trinajstić information content (AvgIpc) is 2.36. The highest BCUT2D eigenvalue weighted by molar-refractivity contribution is 7.90. The van der Waals surface area contributed by atoms with Gasteiger partial charge in [0.2, 0.25) is 20.0 Å². The Morgan fingerprint density at radius 1 is 1.25 bits per heavy atom. The number of sulfonamides is 2. The smallest absolute Gasteiger partial charge is 0.339 e. The summed E-state index contributed by atoms with van der Waals surface area (Å²) in [6.07, 6.45) is 0. The minimum Gasteiger partial charge on any atom is -0.465 e. The third-order valence-corrected chi connectivity index (χ3v) is 4.55.